The van der Waals surface area contributed by atoms with E-state index in [1.165, 1.54) is 58.3 Å². The molecule has 0 unspecified atom stereocenters. The van der Waals surface area contributed by atoms with Gasteiger partial charge in [0.2, 0.25) is 0 Å². The van der Waals surface area contributed by atoms with Crippen LogP contribution in [0.3, 0.4) is 0 Å². The topological polar surface area (TPSA) is 60.7 Å². The van der Waals surface area contributed by atoms with Gasteiger partial charge in [-0.25, -0.2) is 0 Å². The number of guanidine groups is 1. The molecular weight excluding hydrogens is 453 g/mol. The number of hydrogen-bond acceptors (Lipinski definition) is 4. The minimum Gasteiger partial charge on any atom is -0.355 e. The van der Waals surface area contributed by atoms with Crippen LogP contribution in [0.5, 0.6) is 0 Å². The maximum Gasteiger partial charge on any atom is 0.191 e. The molecule has 0 amide bonds. The van der Waals surface area contributed by atoms with E-state index in [9.17, 15) is 0 Å². The lowest BCUT2D eigenvalue weighted by molar-refractivity contribution is 0.0173. The lowest BCUT2D eigenvalue weighted by atomic mass is 9.84. The van der Waals surface area contributed by atoms with Crippen LogP contribution < -0.4 is 10.6 Å². The van der Waals surface area contributed by atoms with Gasteiger partial charge in [-0.15, -0.1) is 24.0 Å². The molecule has 8 heteroatoms. The number of nitrogens with one attached hydrogen (secondary N) is 2. The first-order chi connectivity index (χ1) is 12.6. The summed E-state index contributed by atoms with van der Waals surface area (Å²) in [4.78, 5) is 9.64. The molecule has 154 valence electrons. The highest BCUT2D eigenvalue weighted by Crippen LogP contribution is 2.30. The molecule has 2 saturated heterocycles. The summed E-state index contributed by atoms with van der Waals surface area (Å²) in [5, 5.41) is 11.3. The Morgan fingerprint density at radius 3 is 2.41 bits per heavy atom. The van der Waals surface area contributed by atoms with Gasteiger partial charge in [-0.1, -0.05) is 6.42 Å². The van der Waals surface area contributed by atoms with Gasteiger partial charge in [0.1, 0.15) is 0 Å². The largest absolute Gasteiger partial charge is 0.355 e. The molecule has 1 aromatic rings. The molecule has 7 nitrogen and oxygen atoms in total. The fourth-order valence-electron chi connectivity index (χ4n) is 4.23. The highest BCUT2D eigenvalue weighted by molar-refractivity contribution is 14.0. The Morgan fingerprint density at radius 1 is 1.11 bits per heavy atom. The molecule has 3 rings (SSSR count). The van der Waals surface area contributed by atoms with Crippen LogP contribution in [0.15, 0.2) is 17.3 Å². The summed E-state index contributed by atoms with van der Waals surface area (Å²) < 4.78 is 1.90. The van der Waals surface area contributed by atoms with E-state index in [0.29, 0.717) is 0 Å². The smallest absolute Gasteiger partial charge is 0.191 e. The van der Waals surface area contributed by atoms with E-state index in [1.807, 2.05) is 31.0 Å². The Balaban J connectivity index is 0.00000261. The molecule has 2 fully saturated rings. The molecule has 0 atom stereocenters. The number of aryl methyl sites for hydroxylation is 1. The maximum absolute atomic E-state index is 4.43. The van der Waals surface area contributed by atoms with Crippen molar-refractivity contribution in [1.29, 1.82) is 0 Å². The third kappa shape index (κ3) is 5.80. The van der Waals surface area contributed by atoms with Crippen molar-refractivity contribution in [3.63, 3.8) is 0 Å². The molecule has 0 bridgehead atoms. The Labute approximate surface area is 181 Å². The van der Waals surface area contributed by atoms with Crippen LogP contribution in [-0.2, 0) is 13.6 Å². The van der Waals surface area contributed by atoms with Crippen LogP contribution in [-0.4, -0.2) is 77.9 Å². The van der Waals surface area contributed by atoms with Gasteiger partial charge in [-0.2, -0.15) is 5.10 Å². The van der Waals surface area contributed by atoms with Gasteiger partial charge in [-0.05, 0) is 65.0 Å². The summed E-state index contributed by atoms with van der Waals surface area (Å²) in [6.45, 7) is 6.54. The third-order valence-electron chi connectivity index (χ3n) is 6.11. The Hall–Kier alpha value is -0.870. The molecule has 2 aliphatic heterocycles. The Bertz CT molecular complexity index is 587. The highest BCUT2D eigenvalue weighted by Gasteiger charge is 2.39. The second-order valence-electron chi connectivity index (χ2n) is 7.80. The van der Waals surface area contributed by atoms with Crippen molar-refractivity contribution in [3.8, 4) is 0 Å². The number of aliphatic imine (C=N–C) groups is 1. The number of rotatable bonds is 5. The summed E-state index contributed by atoms with van der Waals surface area (Å²) in [6.07, 6.45) is 8.35. The van der Waals surface area contributed by atoms with Crippen LogP contribution in [0, 0.1) is 0 Å². The first-order valence-corrected chi connectivity index (χ1v) is 9.98. The normalized spacial score (nSPS) is 21.5. The predicted octanol–water partition coefficient (Wildman–Crippen LogP) is 1.65. The van der Waals surface area contributed by atoms with Crippen molar-refractivity contribution in [2.24, 2.45) is 12.0 Å². The molecule has 3 heterocycles. The number of nitrogens with zero attached hydrogens (tertiary/aromatic N) is 5. The number of likely N-dealkylation sites (tertiary alicyclic amines) is 2. The van der Waals surface area contributed by atoms with E-state index < -0.39 is 0 Å². The lowest BCUT2D eigenvalue weighted by Crippen LogP contribution is -2.62. The van der Waals surface area contributed by atoms with E-state index >= 15 is 0 Å². The fraction of sp³-hybridized carbons (Fsp3) is 0.789. The molecule has 2 N–H and O–H groups in total. The van der Waals surface area contributed by atoms with Gasteiger partial charge < -0.3 is 15.5 Å². The van der Waals surface area contributed by atoms with Gasteiger partial charge in [0, 0.05) is 32.4 Å². The number of piperidine rings is 2. The van der Waals surface area contributed by atoms with Crippen molar-refractivity contribution in [2.75, 3.05) is 46.8 Å². The van der Waals surface area contributed by atoms with Gasteiger partial charge in [0.25, 0.3) is 0 Å². The zero-order valence-corrected chi connectivity index (χ0v) is 19.4. The van der Waals surface area contributed by atoms with E-state index in [1.54, 1.807) is 0 Å². The second-order valence-corrected chi connectivity index (χ2v) is 7.80. The standard InChI is InChI=1S/C19H35N7.HI/c1-20-18(21-15-17-7-10-23-25(17)3)22-16-19(8-13-24(2)14-9-19)26-11-5-4-6-12-26;/h7,10H,4-6,8-9,11-16H2,1-3H3,(H2,20,21,22);1H. The minimum atomic E-state index is 0. The average molecular weight is 489 g/mol. The summed E-state index contributed by atoms with van der Waals surface area (Å²) >= 11 is 0. The van der Waals surface area contributed by atoms with Crippen molar-refractivity contribution in [3.05, 3.63) is 18.0 Å². The van der Waals surface area contributed by atoms with E-state index in [2.05, 4.69) is 37.6 Å². The molecular formula is C19H36IN7. The summed E-state index contributed by atoms with van der Waals surface area (Å²) in [6, 6.07) is 2.03. The number of hydrogen-bond donors (Lipinski definition) is 2. The first-order valence-electron chi connectivity index (χ1n) is 9.98. The molecule has 27 heavy (non-hydrogen) atoms. The van der Waals surface area contributed by atoms with Gasteiger partial charge in [0.05, 0.1) is 12.2 Å². The zero-order chi connectivity index (χ0) is 18.4. The van der Waals surface area contributed by atoms with Crippen LogP contribution >= 0.6 is 24.0 Å². The molecule has 0 aromatic carbocycles. The molecule has 2 aliphatic rings. The van der Waals surface area contributed by atoms with Crippen molar-refractivity contribution in [2.45, 2.75) is 44.2 Å². The monoisotopic (exact) mass is 489 g/mol. The maximum atomic E-state index is 4.43. The van der Waals surface area contributed by atoms with Crippen molar-refractivity contribution in [1.82, 2.24) is 30.2 Å². The van der Waals surface area contributed by atoms with E-state index in [-0.39, 0.29) is 29.5 Å². The van der Waals surface area contributed by atoms with Gasteiger partial charge in [-0.3, -0.25) is 14.6 Å². The molecule has 0 radical (unpaired) electrons. The molecule has 1 aromatic heterocycles. The average Bonchev–Trinajstić information content (AvgIpc) is 3.09. The Morgan fingerprint density at radius 2 is 1.81 bits per heavy atom. The molecule has 0 saturated carbocycles. The SMILES string of the molecule is CN=C(NCc1ccnn1C)NCC1(N2CCCCC2)CCN(C)CC1.I. The molecule has 0 spiro atoms. The summed E-state index contributed by atoms with van der Waals surface area (Å²) in [5.74, 6) is 0.876. The zero-order valence-electron chi connectivity index (χ0n) is 17.1. The number of halogens is 1. The van der Waals surface area contributed by atoms with Crippen LogP contribution in [0.25, 0.3) is 0 Å². The first kappa shape index (κ1) is 22.4. The summed E-state index contributed by atoms with van der Waals surface area (Å²) in [7, 11) is 6.06. The third-order valence-corrected chi connectivity index (χ3v) is 6.11. The van der Waals surface area contributed by atoms with Crippen LogP contribution in [0.1, 0.15) is 37.8 Å². The predicted molar refractivity (Wildman–Crippen MR) is 122 cm³/mol. The lowest BCUT2D eigenvalue weighted by Gasteiger charge is -2.50. The van der Waals surface area contributed by atoms with Gasteiger partial charge in [0.15, 0.2) is 5.96 Å². The second kappa shape index (κ2) is 10.6. The highest BCUT2D eigenvalue weighted by atomic mass is 127. The minimum absolute atomic E-state index is 0. The fourth-order valence-corrected chi connectivity index (χ4v) is 4.23. The molecule has 0 aliphatic carbocycles. The van der Waals surface area contributed by atoms with E-state index in [4.69, 9.17) is 0 Å². The van der Waals surface area contributed by atoms with E-state index in [0.717, 1.165) is 24.7 Å². The van der Waals surface area contributed by atoms with Crippen molar-refractivity contribution < 1.29 is 0 Å². The van der Waals surface area contributed by atoms with Gasteiger partial charge >= 0.3 is 0 Å². The quantitative estimate of drug-likeness (QED) is 0.375. The Kier molecular flexibility index (Phi) is 8.81. The van der Waals surface area contributed by atoms with Crippen LogP contribution in [0.2, 0.25) is 0 Å². The van der Waals surface area contributed by atoms with Crippen LogP contribution in [0.4, 0.5) is 0 Å². The summed E-state index contributed by atoms with van der Waals surface area (Å²) in [5.41, 5.74) is 1.41. The number of aromatic nitrogens is 2. The van der Waals surface area contributed by atoms with Crippen molar-refractivity contribution >= 4 is 29.9 Å².